The van der Waals surface area contributed by atoms with Gasteiger partial charge in [-0.3, -0.25) is 9.59 Å². The molecule has 0 amide bonds. The number of ketones is 2. The molecular formula is C18H19Cl2N3O3S. The van der Waals surface area contributed by atoms with Crippen LogP contribution >= 0.6 is 34.5 Å². The zero-order chi connectivity index (χ0) is 19.0. The zero-order valence-corrected chi connectivity index (χ0v) is 17.0. The normalized spacial score (nSPS) is 22.1. The van der Waals surface area contributed by atoms with E-state index in [1.807, 2.05) is 0 Å². The van der Waals surface area contributed by atoms with E-state index in [2.05, 4.69) is 9.88 Å². The first-order chi connectivity index (χ1) is 13.1. The quantitative estimate of drug-likeness (QED) is 0.690. The Balaban J connectivity index is 1.64. The Kier molecular flexibility index (Phi) is 5.55. The number of nitrogens with zero attached hydrogens (tertiary/aromatic N) is 3. The van der Waals surface area contributed by atoms with E-state index in [0.717, 1.165) is 31.1 Å². The minimum atomic E-state index is -0.420. The smallest absolute Gasteiger partial charge is 0.222 e. The van der Waals surface area contributed by atoms with E-state index in [-0.39, 0.29) is 21.3 Å². The third-order valence-electron chi connectivity index (χ3n) is 4.96. The Hall–Kier alpha value is -1.41. The molecule has 0 spiro atoms. The second-order valence-corrected chi connectivity index (χ2v) is 8.43. The summed E-state index contributed by atoms with van der Waals surface area (Å²) in [6, 6.07) is 0. The molecule has 0 saturated carbocycles. The molecule has 3 aliphatic rings. The summed E-state index contributed by atoms with van der Waals surface area (Å²) >= 11 is 14.1. The lowest BCUT2D eigenvalue weighted by atomic mass is 9.98. The van der Waals surface area contributed by atoms with E-state index in [1.54, 1.807) is 11.1 Å². The van der Waals surface area contributed by atoms with Gasteiger partial charge >= 0.3 is 0 Å². The number of aromatic nitrogens is 1. The van der Waals surface area contributed by atoms with Crippen LogP contribution in [0.3, 0.4) is 0 Å². The first-order valence-electron chi connectivity index (χ1n) is 9.00. The number of hydrogen-bond donors (Lipinski definition) is 0. The van der Waals surface area contributed by atoms with Crippen LogP contribution in [0.5, 0.6) is 0 Å². The summed E-state index contributed by atoms with van der Waals surface area (Å²) < 4.78 is 5.31. The van der Waals surface area contributed by atoms with Crippen molar-refractivity contribution in [3.05, 3.63) is 26.8 Å². The molecule has 1 aromatic rings. The molecule has 0 radical (unpaired) electrons. The maximum absolute atomic E-state index is 12.9. The predicted octanol–water partition coefficient (Wildman–Crippen LogP) is 3.02. The highest BCUT2D eigenvalue weighted by Gasteiger charge is 2.37. The van der Waals surface area contributed by atoms with Gasteiger partial charge in [-0.25, -0.2) is 4.98 Å². The second kappa shape index (κ2) is 7.91. The first-order valence-corrected chi connectivity index (χ1v) is 10.6. The molecule has 2 aliphatic heterocycles. The van der Waals surface area contributed by atoms with Gasteiger partial charge in [0.25, 0.3) is 0 Å². The minimum Gasteiger partial charge on any atom is -0.378 e. The second-order valence-electron chi connectivity index (χ2n) is 6.66. The highest BCUT2D eigenvalue weighted by molar-refractivity contribution is 7.17. The van der Waals surface area contributed by atoms with Crippen molar-refractivity contribution >= 4 is 56.8 Å². The third kappa shape index (κ3) is 3.53. The third-order valence-corrected chi connectivity index (χ3v) is 6.75. The number of ether oxygens (including phenoxy) is 1. The number of piperidine rings is 1. The molecule has 9 heteroatoms. The summed E-state index contributed by atoms with van der Waals surface area (Å²) in [7, 11) is 0. The summed E-state index contributed by atoms with van der Waals surface area (Å²) in [5.74, 6) is -0.831. The van der Waals surface area contributed by atoms with Crippen molar-refractivity contribution in [1.29, 1.82) is 0 Å². The standard InChI is InChI=1S/C18H19Cl2N3O3S/c19-13-12(11-10-21-18(27-11)23-4-2-1-3-5-23)16(24)14(20)15(17(13)25)22-6-8-26-9-7-22/h10H,1-9H2. The van der Waals surface area contributed by atoms with Crippen LogP contribution in [0.25, 0.3) is 5.57 Å². The largest absolute Gasteiger partial charge is 0.378 e. The van der Waals surface area contributed by atoms with Crippen molar-refractivity contribution in [2.24, 2.45) is 0 Å². The molecule has 3 heterocycles. The molecule has 6 nitrogen and oxygen atoms in total. The average Bonchev–Trinajstić information content (AvgIpc) is 3.18. The van der Waals surface area contributed by atoms with Crippen molar-refractivity contribution in [2.75, 3.05) is 44.3 Å². The van der Waals surface area contributed by atoms with E-state index >= 15 is 0 Å². The Bertz CT molecular complexity index is 837. The monoisotopic (exact) mass is 427 g/mol. The molecule has 144 valence electrons. The van der Waals surface area contributed by atoms with Gasteiger partial charge in [0.1, 0.15) is 15.8 Å². The number of hydrogen-bond acceptors (Lipinski definition) is 7. The SMILES string of the molecule is O=C1C(Cl)=C(N2CCOCC2)C(=O)C(Cl)=C1c1cnc(N2CCCCC2)s1. The number of thiazole rings is 1. The lowest BCUT2D eigenvalue weighted by Gasteiger charge is -2.32. The van der Waals surface area contributed by atoms with Gasteiger partial charge in [0, 0.05) is 32.4 Å². The Labute approximate surface area is 171 Å². The molecular weight excluding hydrogens is 409 g/mol. The van der Waals surface area contributed by atoms with Gasteiger partial charge in [0.05, 0.1) is 23.7 Å². The molecule has 2 fully saturated rings. The Morgan fingerprint density at radius 1 is 0.926 bits per heavy atom. The van der Waals surface area contributed by atoms with E-state index < -0.39 is 11.6 Å². The Morgan fingerprint density at radius 2 is 1.63 bits per heavy atom. The van der Waals surface area contributed by atoms with Crippen LogP contribution < -0.4 is 4.90 Å². The number of Topliss-reactive ketones (excluding diaryl/α,β-unsaturated/α-hetero) is 2. The van der Waals surface area contributed by atoms with Crippen LogP contribution in [-0.2, 0) is 14.3 Å². The maximum atomic E-state index is 12.9. The van der Waals surface area contributed by atoms with Gasteiger partial charge in [-0.05, 0) is 19.3 Å². The van der Waals surface area contributed by atoms with Crippen LogP contribution in [0.15, 0.2) is 22.0 Å². The molecule has 0 unspecified atom stereocenters. The number of rotatable bonds is 3. The van der Waals surface area contributed by atoms with Crippen molar-refractivity contribution < 1.29 is 14.3 Å². The number of carbonyl (C=O) groups is 2. The average molecular weight is 428 g/mol. The predicted molar refractivity (Wildman–Crippen MR) is 106 cm³/mol. The van der Waals surface area contributed by atoms with Gasteiger partial charge in [0.15, 0.2) is 5.13 Å². The van der Waals surface area contributed by atoms with E-state index in [1.165, 1.54) is 17.8 Å². The summed E-state index contributed by atoms with van der Waals surface area (Å²) in [4.78, 5) is 34.8. The lowest BCUT2D eigenvalue weighted by Crippen LogP contribution is -2.40. The van der Waals surface area contributed by atoms with Crippen LogP contribution in [0.1, 0.15) is 24.1 Å². The molecule has 0 aromatic carbocycles. The minimum absolute atomic E-state index is 0.0748. The summed E-state index contributed by atoms with van der Waals surface area (Å²) in [5, 5.41) is 0.690. The maximum Gasteiger partial charge on any atom is 0.222 e. The zero-order valence-electron chi connectivity index (χ0n) is 14.7. The van der Waals surface area contributed by atoms with Crippen molar-refractivity contribution in [3.8, 4) is 0 Å². The van der Waals surface area contributed by atoms with Crippen molar-refractivity contribution in [3.63, 3.8) is 0 Å². The van der Waals surface area contributed by atoms with E-state index in [4.69, 9.17) is 27.9 Å². The van der Waals surface area contributed by atoms with E-state index in [9.17, 15) is 9.59 Å². The van der Waals surface area contributed by atoms with Crippen LogP contribution in [0.4, 0.5) is 5.13 Å². The molecule has 1 aromatic heterocycles. The van der Waals surface area contributed by atoms with Crippen molar-refractivity contribution in [1.82, 2.24) is 9.88 Å². The summed E-state index contributed by atoms with van der Waals surface area (Å²) in [6.45, 7) is 3.88. The molecule has 2 saturated heterocycles. The first kappa shape index (κ1) is 18.9. The van der Waals surface area contributed by atoms with Crippen LogP contribution in [0, 0.1) is 0 Å². The van der Waals surface area contributed by atoms with Crippen molar-refractivity contribution in [2.45, 2.75) is 19.3 Å². The Morgan fingerprint density at radius 3 is 2.33 bits per heavy atom. The molecule has 0 bridgehead atoms. The number of morpholine rings is 1. The highest BCUT2D eigenvalue weighted by atomic mass is 35.5. The van der Waals surface area contributed by atoms with Gasteiger partial charge in [0.2, 0.25) is 11.6 Å². The van der Waals surface area contributed by atoms with Gasteiger partial charge in [-0.1, -0.05) is 34.5 Å². The molecule has 0 atom stereocenters. The summed E-state index contributed by atoms with van der Waals surface area (Å²) in [6.07, 6.45) is 5.10. The van der Waals surface area contributed by atoms with Gasteiger partial charge < -0.3 is 14.5 Å². The number of anilines is 1. The molecule has 1 aliphatic carbocycles. The topological polar surface area (TPSA) is 62.7 Å². The molecule has 4 rings (SSSR count). The fourth-order valence-electron chi connectivity index (χ4n) is 3.54. The number of carbonyl (C=O) groups excluding carboxylic acids is 2. The van der Waals surface area contributed by atoms with Gasteiger partial charge in [-0.15, -0.1) is 0 Å². The highest BCUT2D eigenvalue weighted by Crippen LogP contribution is 2.39. The molecule has 0 N–H and O–H groups in total. The van der Waals surface area contributed by atoms with E-state index in [0.29, 0.717) is 31.2 Å². The summed E-state index contributed by atoms with van der Waals surface area (Å²) in [5.41, 5.74) is 0.337. The molecule has 27 heavy (non-hydrogen) atoms. The fraction of sp³-hybridized carbons (Fsp3) is 0.500. The van der Waals surface area contributed by atoms with Crippen LogP contribution in [0.2, 0.25) is 0 Å². The number of allylic oxidation sites excluding steroid dienone is 3. The lowest BCUT2D eigenvalue weighted by molar-refractivity contribution is -0.116. The number of halogens is 2. The fourth-order valence-corrected chi connectivity index (χ4v) is 5.18. The van der Waals surface area contributed by atoms with Crippen LogP contribution in [-0.4, -0.2) is 60.8 Å². The van der Waals surface area contributed by atoms with Gasteiger partial charge in [-0.2, -0.15) is 0 Å².